The Hall–Kier alpha value is -2.31. The number of thiazole rings is 1. The van der Waals surface area contributed by atoms with E-state index in [-0.39, 0.29) is 5.56 Å². The summed E-state index contributed by atoms with van der Waals surface area (Å²) >= 11 is 3.01. The van der Waals surface area contributed by atoms with Gasteiger partial charge in [-0.2, -0.15) is 0 Å². The van der Waals surface area contributed by atoms with Crippen molar-refractivity contribution in [1.82, 2.24) is 14.6 Å². The highest BCUT2D eigenvalue weighted by molar-refractivity contribution is 7.15. The van der Waals surface area contributed by atoms with Crippen molar-refractivity contribution in [3.05, 3.63) is 67.1 Å². The molecule has 0 bridgehead atoms. The lowest BCUT2D eigenvalue weighted by Gasteiger charge is -1.94. The minimum atomic E-state index is -0.0587. The lowest BCUT2D eigenvalue weighted by Crippen LogP contribution is -2.23. The van der Waals surface area contributed by atoms with E-state index in [2.05, 4.69) is 16.3 Å². The number of benzene rings is 1. The summed E-state index contributed by atoms with van der Waals surface area (Å²) < 4.78 is 2.28. The van der Waals surface area contributed by atoms with Crippen molar-refractivity contribution in [3.8, 4) is 11.4 Å². The molecule has 0 aliphatic heterocycles. The Kier molecular flexibility index (Phi) is 3.13. The first-order chi connectivity index (χ1) is 10.7. The van der Waals surface area contributed by atoms with E-state index in [0.29, 0.717) is 15.3 Å². The van der Waals surface area contributed by atoms with Crippen LogP contribution in [-0.4, -0.2) is 14.6 Å². The predicted molar refractivity (Wildman–Crippen MR) is 90.4 cm³/mol. The third-order valence-corrected chi connectivity index (χ3v) is 5.37. The Morgan fingerprint density at radius 3 is 2.68 bits per heavy atom. The Bertz CT molecular complexity index is 1060. The van der Waals surface area contributed by atoms with Gasteiger partial charge in [0.1, 0.15) is 0 Å². The first kappa shape index (κ1) is 13.4. The number of fused-ring (bicyclic) bond motifs is 1. The van der Waals surface area contributed by atoms with Crippen LogP contribution < -0.4 is 10.1 Å². The van der Waals surface area contributed by atoms with Gasteiger partial charge >= 0.3 is 0 Å². The van der Waals surface area contributed by atoms with Crippen LogP contribution in [0.2, 0.25) is 0 Å². The first-order valence-electron chi connectivity index (χ1n) is 6.73. The molecule has 0 aliphatic rings. The molecule has 0 fully saturated rings. The number of thiophene rings is 1. The maximum atomic E-state index is 12.7. The third kappa shape index (κ3) is 2.08. The van der Waals surface area contributed by atoms with E-state index in [1.807, 2.05) is 48.7 Å². The topological polar surface area (TPSA) is 47.3 Å². The van der Waals surface area contributed by atoms with Gasteiger partial charge in [0.2, 0.25) is 4.96 Å². The van der Waals surface area contributed by atoms with Crippen LogP contribution in [0.15, 0.2) is 46.6 Å². The molecule has 22 heavy (non-hydrogen) atoms. The van der Waals surface area contributed by atoms with Gasteiger partial charge in [0.25, 0.3) is 5.56 Å². The van der Waals surface area contributed by atoms with Gasteiger partial charge in [-0.05, 0) is 30.0 Å². The van der Waals surface area contributed by atoms with E-state index in [1.165, 1.54) is 16.9 Å². The highest BCUT2D eigenvalue weighted by Gasteiger charge is 2.13. The average Bonchev–Trinajstić information content (AvgIpc) is 3.20. The summed E-state index contributed by atoms with van der Waals surface area (Å²) in [5.74, 6) is 0.597. The summed E-state index contributed by atoms with van der Waals surface area (Å²) in [5, 5.41) is 10.3. The van der Waals surface area contributed by atoms with E-state index >= 15 is 0 Å². The normalized spacial score (nSPS) is 12.3. The predicted octanol–water partition coefficient (Wildman–Crippen LogP) is 2.74. The molecule has 0 saturated carbocycles. The first-order valence-corrected chi connectivity index (χ1v) is 8.43. The maximum absolute atomic E-state index is 12.7. The fraction of sp³-hybridized carbons (Fsp3) is 0.0625. The number of hydrogen-bond acceptors (Lipinski definition) is 5. The second-order valence-electron chi connectivity index (χ2n) is 4.89. The fourth-order valence-corrected chi connectivity index (χ4v) is 4.12. The van der Waals surface area contributed by atoms with Gasteiger partial charge < -0.3 is 0 Å². The molecule has 0 aliphatic carbocycles. The lowest BCUT2D eigenvalue weighted by atomic mass is 10.2. The molecule has 108 valence electrons. The smallest absolute Gasteiger partial charge is 0.267 e. The highest BCUT2D eigenvalue weighted by atomic mass is 32.1. The molecule has 0 saturated heterocycles. The third-order valence-electron chi connectivity index (χ3n) is 3.44. The summed E-state index contributed by atoms with van der Waals surface area (Å²) in [7, 11) is 0. The standard InChI is InChI=1S/C16H11N3OS2/c1-10-7-8-21-12(10)9-13-15(20)19-14(17-18-16(19)22-13)11-5-3-2-4-6-11/h2-9H,1H3/b13-9+. The van der Waals surface area contributed by atoms with Gasteiger partial charge in [-0.25, -0.2) is 4.40 Å². The molecule has 4 aromatic rings. The second kappa shape index (κ2) is 5.15. The molecular formula is C16H11N3OS2. The summed E-state index contributed by atoms with van der Waals surface area (Å²) in [5.41, 5.74) is 2.01. The van der Waals surface area contributed by atoms with Crippen LogP contribution in [0.25, 0.3) is 22.4 Å². The molecule has 0 amide bonds. The largest absolute Gasteiger partial charge is 0.276 e. The van der Waals surface area contributed by atoms with Crippen LogP contribution >= 0.6 is 22.7 Å². The van der Waals surface area contributed by atoms with Crippen LogP contribution in [0.3, 0.4) is 0 Å². The Morgan fingerprint density at radius 1 is 1.14 bits per heavy atom. The number of aryl methyl sites for hydroxylation is 1. The van der Waals surface area contributed by atoms with Crippen molar-refractivity contribution in [2.24, 2.45) is 0 Å². The molecule has 4 nitrogen and oxygen atoms in total. The van der Waals surface area contributed by atoms with E-state index in [4.69, 9.17) is 0 Å². The molecule has 0 N–H and O–H groups in total. The van der Waals surface area contributed by atoms with E-state index in [1.54, 1.807) is 15.7 Å². The zero-order valence-corrected chi connectivity index (χ0v) is 13.3. The van der Waals surface area contributed by atoms with Crippen molar-refractivity contribution < 1.29 is 0 Å². The SMILES string of the molecule is Cc1ccsc1/C=c1/sc2nnc(-c3ccccc3)n2c1=O. The van der Waals surface area contributed by atoms with Gasteiger partial charge in [0, 0.05) is 10.4 Å². The molecule has 0 radical (unpaired) electrons. The summed E-state index contributed by atoms with van der Waals surface area (Å²) in [6, 6.07) is 11.7. The van der Waals surface area contributed by atoms with Crippen LogP contribution in [0.5, 0.6) is 0 Å². The van der Waals surface area contributed by atoms with Crippen molar-refractivity contribution >= 4 is 33.7 Å². The monoisotopic (exact) mass is 325 g/mol. The van der Waals surface area contributed by atoms with Gasteiger partial charge in [0.05, 0.1) is 4.53 Å². The molecule has 0 spiro atoms. The molecule has 4 rings (SSSR count). The lowest BCUT2D eigenvalue weighted by molar-refractivity contribution is 1.09. The Labute approximate surface area is 134 Å². The summed E-state index contributed by atoms with van der Waals surface area (Å²) in [6.07, 6.45) is 1.94. The van der Waals surface area contributed by atoms with Crippen LogP contribution in [0.1, 0.15) is 10.4 Å². The van der Waals surface area contributed by atoms with Gasteiger partial charge in [-0.3, -0.25) is 4.79 Å². The van der Waals surface area contributed by atoms with Crippen molar-refractivity contribution in [2.45, 2.75) is 6.92 Å². The summed E-state index contributed by atoms with van der Waals surface area (Å²) in [6.45, 7) is 2.04. The maximum Gasteiger partial charge on any atom is 0.276 e. The minimum Gasteiger partial charge on any atom is -0.267 e. The van der Waals surface area contributed by atoms with Crippen molar-refractivity contribution in [2.75, 3.05) is 0 Å². The van der Waals surface area contributed by atoms with Crippen LogP contribution in [-0.2, 0) is 0 Å². The molecule has 3 heterocycles. The number of hydrogen-bond donors (Lipinski definition) is 0. The zero-order valence-electron chi connectivity index (χ0n) is 11.7. The van der Waals surface area contributed by atoms with Crippen LogP contribution in [0.4, 0.5) is 0 Å². The number of nitrogens with zero attached hydrogens (tertiary/aromatic N) is 3. The van der Waals surface area contributed by atoms with Gasteiger partial charge in [0.15, 0.2) is 5.82 Å². The highest BCUT2D eigenvalue weighted by Crippen LogP contribution is 2.18. The quantitative estimate of drug-likeness (QED) is 0.569. The number of rotatable bonds is 2. The average molecular weight is 325 g/mol. The van der Waals surface area contributed by atoms with E-state index < -0.39 is 0 Å². The van der Waals surface area contributed by atoms with E-state index in [9.17, 15) is 4.79 Å². The second-order valence-corrected chi connectivity index (χ2v) is 6.85. The summed E-state index contributed by atoms with van der Waals surface area (Å²) in [4.78, 5) is 14.4. The molecule has 0 unspecified atom stereocenters. The van der Waals surface area contributed by atoms with E-state index in [0.717, 1.165) is 10.4 Å². The molecule has 3 aromatic heterocycles. The minimum absolute atomic E-state index is 0.0587. The fourth-order valence-electron chi connectivity index (χ4n) is 2.29. The van der Waals surface area contributed by atoms with Crippen LogP contribution in [0, 0.1) is 6.92 Å². The van der Waals surface area contributed by atoms with Gasteiger partial charge in [-0.1, -0.05) is 41.7 Å². The Morgan fingerprint density at radius 2 is 1.95 bits per heavy atom. The molecule has 0 atom stereocenters. The van der Waals surface area contributed by atoms with Crippen molar-refractivity contribution in [1.29, 1.82) is 0 Å². The van der Waals surface area contributed by atoms with Crippen molar-refractivity contribution in [3.63, 3.8) is 0 Å². The number of aromatic nitrogens is 3. The Balaban J connectivity index is 1.97. The van der Waals surface area contributed by atoms with Gasteiger partial charge in [-0.15, -0.1) is 21.5 Å². The molecular weight excluding hydrogens is 314 g/mol. The molecule has 1 aromatic carbocycles. The zero-order chi connectivity index (χ0) is 15.1. The molecule has 6 heteroatoms.